The molecule has 1 heterocycles. The Morgan fingerprint density at radius 3 is 2.35 bits per heavy atom. The predicted molar refractivity (Wildman–Crippen MR) is 106 cm³/mol. The van der Waals surface area contributed by atoms with Crippen LogP contribution in [0.1, 0.15) is 56.3 Å². The van der Waals surface area contributed by atoms with Gasteiger partial charge < -0.3 is 10.0 Å². The number of thiophene rings is 1. The monoisotopic (exact) mass is 371 g/mol. The molecule has 138 valence electrons. The summed E-state index contributed by atoms with van der Waals surface area (Å²) in [6, 6.07) is 11.3. The standard InChI is InChI=1S/C21H25NO3S/c1-14(2)22(19(23)16-11-7-4-8-12-16)20-17(21(24)25)13-18(26-20)15-9-5-3-6-10-15/h3,5-6,9-10,13-14,16H,4,7-8,11-12H2,1-2H3,(H,24,25). The average Bonchev–Trinajstić information content (AvgIpc) is 3.08. The van der Waals surface area contributed by atoms with Crippen molar-refractivity contribution in [2.75, 3.05) is 4.90 Å². The lowest BCUT2D eigenvalue weighted by molar-refractivity contribution is -0.123. The van der Waals surface area contributed by atoms with Crippen molar-refractivity contribution in [2.45, 2.75) is 52.0 Å². The number of benzene rings is 1. The molecule has 0 aliphatic heterocycles. The third-order valence-electron chi connectivity index (χ3n) is 4.93. The van der Waals surface area contributed by atoms with E-state index in [9.17, 15) is 14.7 Å². The molecule has 1 amide bonds. The predicted octanol–water partition coefficient (Wildman–Crippen LogP) is 5.44. The molecule has 0 radical (unpaired) electrons. The van der Waals surface area contributed by atoms with Crippen molar-refractivity contribution >= 4 is 28.2 Å². The molecule has 0 spiro atoms. The number of amides is 1. The van der Waals surface area contributed by atoms with Crippen molar-refractivity contribution in [3.8, 4) is 10.4 Å². The highest BCUT2D eigenvalue weighted by atomic mass is 32.1. The Balaban J connectivity index is 2.01. The van der Waals surface area contributed by atoms with E-state index in [2.05, 4.69) is 0 Å². The molecule has 0 atom stereocenters. The second-order valence-electron chi connectivity index (χ2n) is 7.14. The molecular formula is C21H25NO3S. The van der Waals surface area contributed by atoms with Gasteiger partial charge >= 0.3 is 5.97 Å². The fourth-order valence-corrected chi connectivity index (χ4v) is 4.89. The largest absolute Gasteiger partial charge is 0.478 e. The summed E-state index contributed by atoms with van der Waals surface area (Å²) in [4.78, 5) is 27.7. The van der Waals surface area contributed by atoms with Crippen LogP contribution in [0.25, 0.3) is 10.4 Å². The topological polar surface area (TPSA) is 57.6 Å². The first-order valence-electron chi connectivity index (χ1n) is 9.24. The van der Waals surface area contributed by atoms with Crippen molar-refractivity contribution in [1.29, 1.82) is 0 Å². The average molecular weight is 372 g/mol. The SMILES string of the molecule is CC(C)N(C(=O)C1CCCCC1)c1sc(-c2ccccc2)cc1C(=O)O. The number of carbonyl (C=O) groups excluding carboxylic acids is 1. The van der Waals surface area contributed by atoms with Gasteiger partial charge in [0.25, 0.3) is 0 Å². The minimum absolute atomic E-state index is 0.00932. The van der Waals surface area contributed by atoms with E-state index in [4.69, 9.17) is 0 Å². The van der Waals surface area contributed by atoms with E-state index < -0.39 is 5.97 Å². The van der Waals surface area contributed by atoms with E-state index in [1.165, 1.54) is 17.8 Å². The highest BCUT2D eigenvalue weighted by Crippen LogP contribution is 2.40. The number of hydrogen-bond donors (Lipinski definition) is 1. The van der Waals surface area contributed by atoms with Gasteiger partial charge in [0.15, 0.2) is 0 Å². The molecule has 1 aromatic heterocycles. The van der Waals surface area contributed by atoms with Crippen LogP contribution in [-0.2, 0) is 4.79 Å². The van der Waals surface area contributed by atoms with Gasteiger partial charge in [0.2, 0.25) is 5.91 Å². The molecular weight excluding hydrogens is 346 g/mol. The van der Waals surface area contributed by atoms with Crippen LogP contribution < -0.4 is 4.90 Å². The van der Waals surface area contributed by atoms with Crippen LogP contribution in [0.4, 0.5) is 5.00 Å². The molecule has 4 nitrogen and oxygen atoms in total. The lowest BCUT2D eigenvalue weighted by Crippen LogP contribution is -2.42. The maximum Gasteiger partial charge on any atom is 0.338 e. The van der Waals surface area contributed by atoms with Gasteiger partial charge in [-0.1, -0.05) is 49.6 Å². The Kier molecular flexibility index (Phi) is 5.77. The molecule has 26 heavy (non-hydrogen) atoms. The van der Waals surface area contributed by atoms with Crippen LogP contribution in [0.15, 0.2) is 36.4 Å². The molecule has 1 aliphatic rings. The number of anilines is 1. The summed E-state index contributed by atoms with van der Waals surface area (Å²) in [6.45, 7) is 3.91. The lowest BCUT2D eigenvalue weighted by Gasteiger charge is -2.31. The Hall–Kier alpha value is -2.14. The Morgan fingerprint density at radius 2 is 1.77 bits per heavy atom. The van der Waals surface area contributed by atoms with Crippen molar-refractivity contribution in [3.05, 3.63) is 42.0 Å². The summed E-state index contributed by atoms with van der Waals surface area (Å²) in [5.41, 5.74) is 1.19. The molecule has 3 rings (SSSR count). The normalized spacial score (nSPS) is 15.2. The van der Waals surface area contributed by atoms with Crippen molar-refractivity contribution in [3.63, 3.8) is 0 Å². The minimum Gasteiger partial charge on any atom is -0.478 e. The van der Waals surface area contributed by atoms with E-state index in [1.54, 1.807) is 11.0 Å². The zero-order chi connectivity index (χ0) is 18.7. The molecule has 2 aromatic rings. The van der Waals surface area contributed by atoms with Gasteiger partial charge in [-0.3, -0.25) is 4.79 Å². The van der Waals surface area contributed by atoms with Crippen LogP contribution in [0, 0.1) is 5.92 Å². The quantitative estimate of drug-likeness (QED) is 0.762. The minimum atomic E-state index is -0.986. The van der Waals surface area contributed by atoms with Crippen molar-refractivity contribution in [2.24, 2.45) is 5.92 Å². The number of carbonyl (C=O) groups is 2. The summed E-state index contributed by atoms with van der Waals surface area (Å²) in [7, 11) is 0. The number of carboxylic acids is 1. The first kappa shape index (κ1) is 18.6. The molecule has 0 unspecified atom stereocenters. The number of nitrogens with zero attached hydrogens (tertiary/aromatic N) is 1. The van der Waals surface area contributed by atoms with Crippen LogP contribution in [0.3, 0.4) is 0 Å². The van der Waals surface area contributed by atoms with Crippen LogP contribution in [0.2, 0.25) is 0 Å². The lowest BCUT2D eigenvalue weighted by atomic mass is 9.88. The zero-order valence-electron chi connectivity index (χ0n) is 15.3. The van der Waals surface area contributed by atoms with E-state index in [0.29, 0.717) is 5.00 Å². The van der Waals surface area contributed by atoms with Crippen LogP contribution in [0.5, 0.6) is 0 Å². The smallest absolute Gasteiger partial charge is 0.338 e. The third kappa shape index (κ3) is 3.83. The highest BCUT2D eigenvalue weighted by molar-refractivity contribution is 7.20. The van der Waals surface area contributed by atoms with Gasteiger partial charge in [-0.25, -0.2) is 4.79 Å². The van der Waals surface area contributed by atoms with Crippen LogP contribution >= 0.6 is 11.3 Å². The maximum atomic E-state index is 13.2. The van der Waals surface area contributed by atoms with E-state index in [0.717, 1.165) is 36.1 Å². The Bertz CT molecular complexity index is 776. The maximum absolute atomic E-state index is 13.2. The summed E-state index contributed by atoms with van der Waals surface area (Å²) in [5, 5.41) is 10.3. The second kappa shape index (κ2) is 8.04. The molecule has 1 fully saturated rings. The molecule has 0 bridgehead atoms. The van der Waals surface area contributed by atoms with Gasteiger partial charge in [-0.05, 0) is 38.3 Å². The fourth-order valence-electron chi connectivity index (χ4n) is 3.59. The summed E-state index contributed by atoms with van der Waals surface area (Å²) in [5.74, 6) is -0.903. The molecule has 1 saturated carbocycles. The first-order valence-corrected chi connectivity index (χ1v) is 10.1. The number of aromatic carboxylic acids is 1. The van der Waals surface area contributed by atoms with Gasteiger partial charge in [0.05, 0.1) is 5.56 Å². The second-order valence-corrected chi connectivity index (χ2v) is 8.17. The molecule has 1 N–H and O–H groups in total. The summed E-state index contributed by atoms with van der Waals surface area (Å²) >= 11 is 1.39. The van der Waals surface area contributed by atoms with Crippen molar-refractivity contribution < 1.29 is 14.7 Å². The summed E-state index contributed by atoms with van der Waals surface area (Å²) < 4.78 is 0. The van der Waals surface area contributed by atoms with Crippen molar-refractivity contribution in [1.82, 2.24) is 0 Å². The van der Waals surface area contributed by atoms with Gasteiger partial charge in [0.1, 0.15) is 5.00 Å². The molecule has 1 aromatic carbocycles. The molecule has 5 heteroatoms. The highest BCUT2D eigenvalue weighted by Gasteiger charge is 2.32. The molecule has 1 aliphatic carbocycles. The molecule has 0 saturated heterocycles. The Morgan fingerprint density at radius 1 is 1.12 bits per heavy atom. The van der Waals surface area contributed by atoms with Gasteiger partial charge in [0, 0.05) is 16.8 Å². The van der Waals surface area contributed by atoms with Gasteiger partial charge in [-0.2, -0.15) is 0 Å². The number of hydrogen-bond acceptors (Lipinski definition) is 3. The number of carboxylic acid groups (broad SMARTS) is 1. The van der Waals surface area contributed by atoms with Gasteiger partial charge in [-0.15, -0.1) is 11.3 Å². The number of rotatable bonds is 5. The van der Waals surface area contributed by atoms with E-state index in [1.807, 2.05) is 44.2 Å². The van der Waals surface area contributed by atoms with E-state index in [-0.39, 0.29) is 23.4 Å². The fraction of sp³-hybridized carbons (Fsp3) is 0.429. The first-order chi connectivity index (χ1) is 12.5. The summed E-state index contributed by atoms with van der Waals surface area (Å²) in [6.07, 6.45) is 5.15. The third-order valence-corrected chi connectivity index (χ3v) is 6.11. The van der Waals surface area contributed by atoms with E-state index >= 15 is 0 Å². The zero-order valence-corrected chi connectivity index (χ0v) is 16.1. The van der Waals surface area contributed by atoms with Crippen LogP contribution in [-0.4, -0.2) is 23.0 Å². The Labute approximate surface area is 158 Å².